The Hall–Kier alpha value is -1.61. The number of benzene rings is 1. The number of nitrogens with zero attached hydrogens (tertiary/aromatic N) is 2. The summed E-state index contributed by atoms with van der Waals surface area (Å²) in [6, 6.07) is 12.1. The van der Waals surface area contributed by atoms with E-state index in [2.05, 4.69) is 17.1 Å². The number of pyridine rings is 1. The van der Waals surface area contributed by atoms with Crippen molar-refractivity contribution in [2.75, 3.05) is 13.1 Å². The monoisotopic (exact) mass is 228 g/mol. The van der Waals surface area contributed by atoms with Crippen LogP contribution in [0.25, 0.3) is 10.9 Å². The van der Waals surface area contributed by atoms with Gasteiger partial charge >= 0.3 is 0 Å². The van der Waals surface area contributed by atoms with Crippen molar-refractivity contribution in [1.29, 1.82) is 0 Å². The molecule has 0 bridgehead atoms. The fourth-order valence-electron chi connectivity index (χ4n) is 2.19. The molecule has 0 radical (unpaired) electrons. The number of rotatable bonds is 2. The summed E-state index contributed by atoms with van der Waals surface area (Å²) in [4.78, 5) is 10.3. The molecule has 0 atom stereocenters. The molecule has 3 rings (SSSR count). The van der Waals surface area contributed by atoms with E-state index in [4.69, 9.17) is 4.84 Å². The van der Waals surface area contributed by atoms with Crippen LogP contribution in [0.4, 0.5) is 0 Å². The third-order valence-corrected chi connectivity index (χ3v) is 3.11. The van der Waals surface area contributed by atoms with Gasteiger partial charge in [-0.2, -0.15) is 0 Å². The molecule has 1 aromatic heterocycles. The second kappa shape index (κ2) is 4.72. The van der Waals surface area contributed by atoms with Gasteiger partial charge < -0.3 is 4.84 Å². The van der Waals surface area contributed by atoms with Gasteiger partial charge in [0.05, 0.1) is 5.52 Å². The van der Waals surface area contributed by atoms with Gasteiger partial charge in [0.25, 0.3) is 0 Å². The lowest BCUT2D eigenvalue weighted by Crippen LogP contribution is -2.33. The topological polar surface area (TPSA) is 25.4 Å². The number of aromatic nitrogens is 1. The summed E-state index contributed by atoms with van der Waals surface area (Å²) in [7, 11) is 0. The predicted molar refractivity (Wildman–Crippen MR) is 67.8 cm³/mol. The van der Waals surface area contributed by atoms with Gasteiger partial charge in [0.1, 0.15) is 0 Å². The molecule has 0 saturated carbocycles. The number of hydrogen-bond donors (Lipinski definition) is 0. The Morgan fingerprint density at radius 3 is 2.65 bits per heavy atom. The van der Waals surface area contributed by atoms with Gasteiger partial charge in [0, 0.05) is 24.5 Å². The minimum Gasteiger partial charge on any atom is -0.386 e. The molecule has 0 unspecified atom stereocenters. The summed E-state index contributed by atoms with van der Waals surface area (Å²) in [5.41, 5.74) is 0.988. The highest BCUT2D eigenvalue weighted by molar-refractivity contribution is 5.78. The van der Waals surface area contributed by atoms with E-state index >= 15 is 0 Å². The second-order valence-corrected chi connectivity index (χ2v) is 4.42. The van der Waals surface area contributed by atoms with Crippen molar-refractivity contribution < 1.29 is 4.84 Å². The summed E-state index contributed by atoms with van der Waals surface area (Å²) in [6.45, 7) is 2.02. The molecule has 17 heavy (non-hydrogen) atoms. The lowest BCUT2D eigenvalue weighted by Gasteiger charge is -2.25. The highest BCUT2D eigenvalue weighted by Crippen LogP contribution is 2.18. The summed E-state index contributed by atoms with van der Waals surface area (Å²) in [5.74, 6) is 0.700. The van der Waals surface area contributed by atoms with Gasteiger partial charge in [-0.15, -0.1) is 5.06 Å². The van der Waals surface area contributed by atoms with E-state index in [1.807, 2.05) is 29.3 Å². The molecule has 1 aromatic carbocycles. The molecule has 88 valence electrons. The van der Waals surface area contributed by atoms with E-state index in [0.29, 0.717) is 5.88 Å². The predicted octanol–water partition coefficient (Wildman–Crippen LogP) is 3.01. The Morgan fingerprint density at radius 2 is 1.76 bits per heavy atom. The normalized spacial score (nSPS) is 17.2. The Morgan fingerprint density at radius 1 is 0.941 bits per heavy atom. The molecule has 2 aromatic rings. The van der Waals surface area contributed by atoms with Gasteiger partial charge in [-0.25, -0.2) is 4.98 Å². The quantitative estimate of drug-likeness (QED) is 0.790. The maximum Gasteiger partial charge on any atom is 0.238 e. The van der Waals surface area contributed by atoms with Crippen molar-refractivity contribution in [3.8, 4) is 5.88 Å². The van der Waals surface area contributed by atoms with E-state index in [0.717, 1.165) is 24.0 Å². The molecule has 0 N–H and O–H groups in total. The Kier molecular flexibility index (Phi) is 2.92. The number of hydroxylamine groups is 2. The Balaban J connectivity index is 1.80. The molecule has 1 saturated heterocycles. The smallest absolute Gasteiger partial charge is 0.238 e. The SMILES string of the molecule is c1ccc2nc(ON3CCCCC3)ccc2c1. The lowest BCUT2D eigenvalue weighted by atomic mass is 10.2. The lowest BCUT2D eigenvalue weighted by molar-refractivity contribution is -0.0755. The van der Waals surface area contributed by atoms with Crippen LogP contribution >= 0.6 is 0 Å². The first-order valence-corrected chi connectivity index (χ1v) is 6.20. The summed E-state index contributed by atoms with van der Waals surface area (Å²) < 4.78 is 0. The second-order valence-electron chi connectivity index (χ2n) is 4.42. The summed E-state index contributed by atoms with van der Waals surface area (Å²) in [5, 5.41) is 3.17. The molecule has 1 fully saturated rings. The molecule has 2 heterocycles. The highest BCUT2D eigenvalue weighted by Gasteiger charge is 2.12. The molecular weight excluding hydrogens is 212 g/mol. The van der Waals surface area contributed by atoms with Crippen LogP contribution < -0.4 is 4.84 Å². The highest BCUT2D eigenvalue weighted by atomic mass is 16.7. The van der Waals surface area contributed by atoms with Gasteiger partial charge in [-0.05, 0) is 25.0 Å². The molecular formula is C14H16N2O. The third kappa shape index (κ3) is 2.39. The maximum absolute atomic E-state index is 5.79. The summed E-state index contributed by atoms with van der Waals surface area (Å²) in [6.07, 6.45) is 3.74. The van der Waals surface area contributed by atoms with Gasteiger partial charge in [0.15, 0.2) is 0 Å². The fraction of sp³-hybridized carbons (Fsp3) is 0.357. The largest absolute Gasteiger partial charge is 0.386 e. The fourth-order valence-corrected chi connectivity index (χ4v) is 2.19. The van der Waals surface area contributed by atoms with E-state index in [-0.39, 0.29) is 0 Å². The zero-order valence-electron chi connectivity index (χ0n) is 9.80. The van der Waals surface area contributed by atoms with Crippen LogP contribution in [0.2, 0.25) is 0 Å². The van der Waals surface area contributed by atoms with Crippen molar-refractivity contribution in [3.63, 3.8) is 0 Å². The van der Waals surface area contributed by atoms with Crippen LogP contribution in [0, 0.1) is 0 Å². The molecule has 1 aliphatic heterocycles. The summed E-state index contributed by atoms with van der Waals surface area (Å²) >= 11 is 0. The number of para-hydroxylation sites is 1. The molecule has 0 aliphatic carbocycles. The average Bonchev–Trinajstić information content (AvgIpc) is 2.40. The van der Waals surface area contributed by atoms with Gasteiger partial charge in [-0.1, -0.05) is 24.6 Å². The Bertz CT molecular complexity index is 506. The average molecular weight is 228 g/mol. The minimum absolute atomic E-state index is 0.700. The molecule has 0 spiro atoms. The van der Waals surface area contributed by atoms with E-state index < -0.39 is 0 Å². The van der Waals surface area contributed by atoms with Gasteiger partial charge in [-0.3, -0.25) is 0 Å². The maximum atomic E-state index is 5.79. The van der Waals surface area contributed by atoms with Crippen LogP contribution in [0.15, 0.2) is 36.4 Å². The number of fused-ring (bicyclic) bond motifs is 1. The van der Waals surface area contributed by atoms with E-state index in [9.17, 15) is 0 Å². The van der Waals surface area contributed by atoms with Crippen molar-refractivity contribution >= 4 is 10.9 Å². The van der Waals surface area contributed by atoms with Crippen LogP contribution in [-0.4, -0.2) is 23.1 Å². The first-order valence-electron chi connectivity index (χ1n) is 6.20. The van der Waals surface area contributed by atoms with Crippen molar-refractivity contribution in [2.45, 2.75) is 19.3 Å². The zero-order valence-corrected chi connectivity index (χ0v) is 9.80. The van der Waals surface area contributed by atoms with Crippen molar-refractivity contribution in [1.82, 2.24) is 10.0 Å². The first-order chi connectivity index (χ1) is 8.42. The Labute approximate surface area is 101 Å². The van der Waals surface area contributed by atoms with Crippen molar-refractivity contribution in [2.24, 2.45) is 0 Å². The minimum atomic E-state index is 0.700. The molecule has 0 amide bonds. The van der Waals surface area contributed by atoms with Crippen molar-refractivity contribution in [3.05, 3.63) is 36.4 Å². The van der Waals surface area contributed by atoms with E-state index in [1.54, 1.807) is 0 Å². The third-order valence-electron chi connectivity index (χ3n) is 3.11. The van der Waals surface area contributed by atoms with E-state index in [1.165, 1.54) is 19.3 Å². The van der Waals surface area contributed by atoms with Crippen LogP contribution in [0.1, 0.15) is 19.3 Å². The molecule has 3 nitrogen and oxygen atoms in total. The number of piperidine rings is 1. The molecule has 3 heteroatoms. The zero-order chi connectivity index (χ0) is 11.5. The van der Waals surface area contributed by atoms with Crippen LogP contribution in [-0.2, 0) is 0 Å². The molecule has 1 aliphatic rings. The van der Waals surface area contributed by atoms with Gasteiger partial charge in [0.2, 0.25) is 5.88 Å². The van der Waals surface area contributed by atoms with Crippen LogP contribution in [0.3, 0.4) is 0 Å². The van der Waals surface area contributed by atoms with Crippen LogP contribution in [0.5, 0.6) is 5.88 Å². The number of hydrogen-bond acceptors (Lipinski definition) is 3. The first kappa shape index (κ1) is 10.5. The standard InChI is InChI=1S/C14H16N2O/c1-4-10-16(11-5-1)17-14-9-8-12-6-2-3-7-13(12)15-14/h2-3,6-9H,1,4-5,10-11H2.